The second-order valence-electron chi connectivity index (χ2n) is 7.55. The fourth-order valence-electron chi connectivity index (χ4n) is 4.59. The van der Waals surface area contributed by atoms with Crippen molar-refractivity contribution in [3.8, 4) is 0 Å². The maximum absolute atomic E-state index is 9.37. The summed E-state index contributed by atoms with van der Waals surface area (Å²) in [6, 6.07) is 0.707. The Morgan fingerprint density at radius 1 is 0.957 bits per heavy atom. The van der Waals surface area contributed by atoms with Gasteiger partial charge in [-0.3, -0.25) is 4.90 Å². The predicted molar refractivity (Wildman–Crippen MR) is 97.8 cm³/mol. The zero-order valence-electron chi connectivity index (χ0n) is 15.9. The lowest BCUT2D eigenvalue weighted by Crippen LogP contribution is -2.74. The molecule has 136 valence electrons. The molecule has 0 atom stereocenters. The first kappa shape index (κ1) is 19.2. The van der Waals surface area contributed by atoms with E-state index in [1.54, 1.807) is 0 Å². The molecule has 0 amide bonds. The Morgan fingerprint density at radius 3 is 2.04 bits per heavy atom. The van der Waals surface area contributed by atoms with Gasteiger partial charge >= 0.3 is 0 Å². The zero-order valence-corrected chi connectivity index (χ0v) is 15.9. The van der Waals surface area contributed by atoms with Crippen molar-refractivity contribution in [2.45, 2.75) is 65.5 Å². The maximum atomic E-state index is 9.37. The van der Waals surface area contributed by atoms with Crippen LogP contribution in [0.2, 0.25) is 0 Å². The topological polar surface area (TPSA) is 38.7 Å². The van der Waals surface area contributed by atoms with Crippen LogP contribution >= 0.6 is 0 Å². The molecule has 1 aliphatic carbocycles. The van der Waals surface area contributed by atoms with Crippen LogP contribution in [-0.4, -0.2) is 72.9 Å². The van der Waals surface area contributed by atoms with Gasteiger partial charge in [0, 0.05) is 44.2 Å². The molecule has 4 fully saturated rings. The lowest BCUT2D eigenvalue weighted by Gasteiger charge is -2.64. The molecule has 3 saturated heterocycles. The first-order valence-electron chi connectivity index (χ1n) is 10.1. The molecule has 3 heterocycles. The van der Waals surface area contributed by atoms with Crippen molar-refractivity contribution >= 4 is 0 Å². The Kier molecular flexibility index (Phi) is 7.33. The third-order valence-electron chi connectivity index (χ3n) is 5.77. The Labute approximate surface area is 143 Å². The van der Waals surface area contributed by atoms with Gasteiger partial charge in [0.15, 0.2) is 0 Å². The molecule has 4 aliphatic rings. The van der Waals surface area contributed by atoms with E-state index in [1.807, 2.05) is 27.7 Å². The van der Waals surface area contributed by atoms with Gasteiger partial charge in [-0.25, -0.2) is 0 Å². The predicted octanol–water partition coefficient (Wildman–Crippen LogP) is 2.18. The van der Waals surface area contributed by atoms with Gasteiger partial charge in [-0.1, -0.05) is 27.7 Å². The van der Waals surface area contributed by atoms with Crippen molar-refractivity contribution in [1.29, 1.82) is 0 Å². The number of aliphatic hydroxyl groups excluding tert-OH is 1. The van der Waals surface area contributed by atoms with E-state index in [9.17, 15) is 5.11 Å². The van der Waals surface area contributed by atoms with Crippen LogP contribution in [0.5, 0.6) is 0 Å². The minimum Gasteiger partial charge on any atom is -0.393 e. The van der Waals surface area contributed by atoms with Gasteiger partial charge in [0.2, 0.25) is 0 Å². The van der Waals surface area contributed by atoms with Gasteiger partial charge in [0.05, 0.1) is 6.10 Å². The summed E-state index contributed by atoms with van der Waals surface area (Å²) in [6.07, 6.45) is 4.79. The summed E-state index contributed by atoms with van der Waals surface area (Å²) >= 11 is 0. The molecule has 3 aliphatic heterocycles. The average Bonchev–Trinajstić information content (AvgIpc) is 2.51. The number of likely N-dealkylation sites (tertiary alicyclic amines) is 2. The standard InChI is InChI=1S/C15H27N3O.2C2H6/c19-14-5-13(6-14)18-10-15(11-18)8-17(9-15)7-12-1-3-16-4-2-12;2*1-2/h12-14,16,19H,1-11H2;2*1-2H3. The summed E-state index contributed by atoms with van der Waals surface area (Å²) in [5.74, 6) is 0.941. The van der Waals surface area contributed by atoms with Crippen molar-refractivity contribution < 1.29 is 5.11 Å². The third-order valence-corrected chi connectivity index (χ3v) is 5.77. The summed E-state index contributed by atoms with van der Waals surface area (Å²) in [7, 11) is 0. The molecule has 0 aromatic rings. The van der Waals surface area contributed by atoms with E-state index in [-0.39, 0.29) is 6.10 Å². The van der Waals surface area contributed by atoms with Crippen LogP contribution in [0.3, 0.4) is 0 Å². The van der Waals surface area contributed by atoms with E-state index in [0.717, 1.165) is 18.8 Å². The van der Waals surface area contributed by atoms with E-state index in [2.05, 4.69) is 15.1 Å². The Bertz CT molecular complexity index is 324. The molecule has 0 aromatic carbocycles. The van der Waals surface area contributed by atoms with E-state index < -0.39 is 0 Å². The smallest absolute Gasteiger partial charge is 0.0570 e. The number of hydrogen-bond acceptors (Lipinski definition) is 4. The van der Waals surface area contributed by atoms with E-state index >= 15 is 0 Å². The normalized spacial score (nSPS) is 33.3. The lowest BCUT2D eigenvalue weighted by atomic mass is 9.70. The van der Waals surface area contributed by atoms with Crippen LogP contribution in [-0.2, 0) is 0 Å². The Balaban J connectivity index is 0.000000448. The Hall–Kier alpha value is -0.160. The second-order valence-corrected chi connectivity index (χ2v) is 7.55. The van der Waals surface area contributed by atoms with Gasteiger partial charge in [0.1, 0.15) is 0 Å². The van der Waals surface area contributed by atoms with E-state index in [0.29, 0.717) is 11.5 Å². The minimum atomic E-state index is -0.000602. The average molecular weight is 326 g/mol. The molecular weight excluding hydrogens is 286 g/mol. The summed E-state index contributed by atoms with van der Waals surface area (Å²) in [5, 5.41) is 12.8. The van der Waals surface area contributed by atoms with Crippen LogP contribution in [0.4, 0.5) is 0 Å². The summed E-state index contributed by atoms with van der Waals surface area (Å²) < 4.78 is 0. The monoisotopic (exact) mass is 325 g/mol. The fraction of sp³-hybridized carbons (Fsp3) is 1.00. The molecule has 23 heavy (non-hydrogen) atoms. The van der Waals surface area contributed by atoms with Crippen LogP contribution in [0.15, 0.2) is 0 Å². The fourth-order valence-corrected chi connectivity index (χ4v) is 4.59. The molecule has 4 nitrogen and oxygen atoms in total. The van der Waals surface area contributed by atoms with E-state index in [1.165, 1.54) is 58.7 Å². The summed E-state index contributed by atoms with van der Waals surface area (Å²) in [4.78, 5) is 5.29. The molecule has 0 unspecified atom stereocenters. The molecule has 0 bridgehead atoms. The number of rotatable bonds is 3. The highest BCUT2D eigenvalue weighted by molar-refractivity contribution is 5.08. The SMILES string of the molecule is CC.CC.OC1CC(N2CC3(CN(CC4CCNCC4)C3)C2)C1. The molecule has 0 aromatic heterocycles. The highest BCUT2D eigenvalue weighted by Gasteiger charge is 2.54. The Morgan fingerprint density at radius 2 is 1.52 bits per heavy atom. The van der Waals surface area contributed by atoms with Gasteiger partial charge in [-0.15, -0.1) is 0 Å². The molecule has 4 rings (SSSR count). The van der Waals surface area contributed by atoms with Gasteiger partial charge in [-0.2, -0.15) is 0 Å². The van der Waals surface area contributed by atoms with Gasteiger partial charge < -0.3 is 15.3 Å². The third kappa shape index (κ3) is 4.47. The van der Waals surface area contributed by atoms with Crippen LogP contribution in [0, 0.1) is 11.3 Å². The molecule has 1 saturated carbocycles. The lowest BCUT2D eigenvalue weighted by molar-refractivity contribution is -0.156. The first-order chi connectivity index (χ1) is 11.2. The van der Waals surface area contributed by atoms with Crippen molar-refractivity contribution in [2.24, 2.45) is 11.3 Å². The van der Waals surface area contributed by atoms with Crippen molar-refractivity contribution in [3.05, 3.63) is 0 Å². The maximum Gasteiger partial charge on any atom is 0.0570 e. The number of hydrogen-bond donors (Lipinski definition) is 2. The van der Waals surface area contributed by atoms with Crippen molar-refractivity contribution in [3.63, 3.8) is 0 Å². The first-order valence-corrected chi connectivity index (χ1v) is 10.1. The zero-order chi connectivity index (χ0) is 16.9. The highest BCUT2D eigenvalue weighted by Crippen LogP contribution is 2.44. The summed E-state index contributed by atoms with van der Waals surface area (Å²) in [5.41, 5.74) is 0.646. The summed E-state index contributed by atoms with van der Waals surface area (Å²) in [6.45, 7) is 17.1. The van der Waals surface area contributed by atoms with E-state index in [4.69, 9.17) is 0 Å². The van der Waals surface area contributed by atoms with Gasteiger partial charge in [0.25, 0.3) is 0 Å². The quantitative estimate of drug-likeness (QED) is 0.834. The molecule has 0 radical (unpaired) electrons. The van der Waals surface area contributed by atoms with Crippen molar-refractivity contribution in [1.82, 2.24) is 15.1 Å². The van der Waals surface area contributed by atoms with Crippen LogP contribution in [0.25, 0.3) is 0 Å². The highest BCUT2D eigenvalue weighted by atomic mass is 16.3. The largest absolute Gasteiger partial charge is 0.393 e. The number of piperidine rings is 1. The molecule has 1 spiro atoms. The van der Waals surface area contributed by atoms with Crippen LogP contribution in [0.1, 0.15) is 53.4 Å². The number of nitrogens with zero attached hydrogens (tertiary/aromatic N) is 2. The number of nitrogens with one attached hydrogen (secondary N) is 1. The molecular formula is C19H39N3O. The van der Waals surface area contributed by atoms with Crippen molar-refractivity contribution in [2.75, 3.05) is 45.8 Å². The number of aliphatic hydroxyl groups is 1. The molecule has 4 heteroatoms. The minimum absolute atomic E-state index is 0.000602. The molecule has 2 N–H and O–H groups in total. The van der Waals surface area contributed by atoms with Gasteiger partial charge in [-0.05, 0) is 44.7 Å². The van der Waals surface area contributed by atoms with Crippen LogP contribution < -0.4 is 5.32 Å². The second kappa shape index (κ2) is 8.80.